The van der Waals surface area contributed by atoms with Crippen LogP contribution in [0.5, 0.6) is 0 Å². The molecular formula is C12H19ClN4O. The van der Waals surface area contributed by atoms with Crippen molar-refractivity contribution < 1.29 is 4.79 Å². The topological polar surface area (TPSA) is 58.1 Å². The van der Waals surface area contributed by atoms with Crippen molar-refractivity contribution in [2.45, 2.75) is 20.8 Å². The van der Waals surface area contributed by atoms with Gasteiger partial charge in [-0.25, -0.2) is 9.97 Å². The van der Waals surface area contributed by atoms with Gasteiger partial charge in [0.15, 0.2) is 0 Å². The Morgan fingerprint density at radius 3 is 2.72 bits per heavy atom. The molecule has 1 rings (SSSR count). The SMILES string of the molecule is Cc1cc(N(C)CC(=O)NCC(C)C)nc(Cl)n1. The summed E-state index contributed by atoms with van der Waals surface area (Å²) in [5, 5.41) is 3.05. The number of likely N-dealkylation sites (N-methyl/N-ethyl adjacent to an activating group) is 1. The Labute approximate surface area is 113 Å². The molecule has 100 valence electrons. The maximum Gasteiger partial charge on any atom is 0.239 e. The van der Waals surface area contributed by atoms with Crippen LogP contribution in [-0.2, 0) is 4.79 Å². The van der Waals surface area contributed by atoms with Gasteiger partial charge in [-0.1, -0.05) is 13.8 Å². The van der Waals surface area contributed by atoms with E-state index in [0.29, 0.717) is 18.3 Å². The highest BCUT2D eigenvalue weighted by Crippen LogP contribution is 2.13. The highest BCUT2D eigenvalue weighted by Gasteiger charge is 2.10. The number of rotatable bonds is 5. The summed E-state index contributed by atoms with van der Waals surface area (Å²) in [5.74, 6) is 1.06. The summed E-state index contributed by atoms with van der Waals surface area (Å²) in [5.41, 5.74) is 0.777. The van der Waals surface area contributed by atoms with Crippen LogP contribution in [0.2, 0.25) is 5.28 Å². The Morgan fingerprint density at radius 1 is 1.50 bits per heavy atom. The number of carbonyl (C=O) groups is 1. The minimum Gasteiger partial charge on any atom is -0.354 e. The molecule has 18 heavy (non-hydrogen) atoms. The average molecular weight is 271 g/mol. The first-order valence-corrected chi connectivity index (χ1v) is 6.25. The van der Waals surface area contributed by atoms with E-state index in [4.69, 9.17) is 11.6 Å². The first-order valence-electron chi connectivity index (χ1n) is 5.87. The summed E-state index contributed by atoms with van der Waals surface area (Å²) in [6.07, 6.45) is 0. The zero-order valence-electron chi connectivity index (χ0n) is 11.2. The van der Waals surface area contributed by atoms with Crippen LogP contribution >= 0.6 is 11.6 Å². The number of hydrogen-bond acceptors (Lipinski definition) is 4. The molecule has 0 aromatic carbocycles. The van der Waals surface area contributed by atoms with Crippen LogP contribution in [0, 0.1) is 12.8 Å². The second-order valence-electron chi connectivity index (χ2n) is 4.69. The van der Waals surface area contributed by atoms with E-state index >= 15 is 0 Å². The Kier molecular flexibility index (Phi) is 5.34. The normalized spacial score (nSPS) is 10.6. The third-order valence-electron chi connectivity index (χ3n) is 2.29. The molecule has 0 unspecified atom stereocenters. The largest absolute Gasteiger partial charge is 0.354 e. The van der Waals surface area contributed by atoms with Crippen molar-refractivity contribution in [3.05, 3.63) is 17.0 Å². The molecule has 1 N–H and O–H groups in total. The third-order valence-corrected chi connectivity index (χ3v) is 2.46. The fourth-order valence-corrected chi connectivity index (χ4v) is 1.60. The van der Waals surface area contributed by atoms with Gasteiger partial charge in [0.05, 0.1) is 6.54 Å². The van der Waals surface area contributed by atoms with Crippen molar-refractivity contribution in [3.63, 3.8) is 0 Å². The molecule has 1 amide bonds. The first kappa shape index (κ1) is 14.7. The van der Waals surface area contributed by atoms with Crippen molar-refractivity contribution in [1.29, 1.82) is 0 Å². The number of amides is 1. The van der Waals surface area contributed by atoms with Crippen molar-refractivity contribution >= 4 is 23.3 Å². The number of nitrogens with one attached hydrogen (secondary N) is 1. The van der Waals surface area contributed by atoms with Gasteiger partial charge < -0.3 is 10.2 Å². The molecule has 1 aromatic heterocycles. The fraction of sp³-hybridized carbons (Fsp3) is 0.583. The lowest BCUT2D eigenvalue weighted by Crippen LogP contribution is -2.37. The van der Waals surface area contributed by atoms with Gasteiger partial charge in [-0.3, -0.25) is 4.79 Å². The number of nitrogens with zero attached hydrogens (tertiary/aromatic N) is 3. The molecule has 6 heteroatoms. The molecule has 0 fully saturated rings. The third kappa shape index (κ3) is 4.87. The van der Waals surface area contributed by atoms with Crippen LogP contribution in [-0.4, -0.2) is 36.0 Å². The number of hydrogen-bond donors (Lipinski definition) is 1. The van der Waals surface area contributed by atoms with Crippen molar-refractivity contribution in [2.75, 3.05) is 25.0 Å². The molecule has 0 spiro atoms. The second kappa shape index (κ2) is 6.54. The van der Waals surface area contributed by atoms with E-state index in [1.165, 1.54) is 0 Å². The monoisotopic (exact) mass is 270 g/mol. The van der Waals surface area contributed by atoms with Gasteiger partial charge >= 0.3 is 0 Å². The number of anilines is 1. The Morgan fingerprint density at radius 2 is 2.17 bits per heavy atom. The molecule has 0 saturated heterocycles. The molecule has 1 aromatic rings. The van der Waals surface area contributed by atoms with Crippen LogP contribution in [0.25, 0.3) is 0 Å². The van der Waals surface area contributed by atoms with Gasteiger partial charge in [0, 0.05) is 25.4 Å². The van der Waals surface area contributed by atoms with Gasteiger partial charge in [-0.05, 0) is 24.4 Å². The molecule has 5 nitrogen and oxygen atoms in total. The molecule has 0 aliphatic rings. The van der Waals surface area contributed by atoms with Gasteiger partial charge in [0.25, 0.3) is 0 Å². The number of aryl methyl sites for hydroxylation is 1. The first-order chi connectivity index (χ1) is 8.38. The van der Waals surface area contributed by atoms with Crippen LogP contribution in [0.1, 0.15) is 19.5 Å². The fourth-order valence-electron chi connectivity index (χ4n) is 1.38. The van der Waals surface area contributed by atoms with Crippen LogP contribution in [0.15, 0.2) is 6.07 Å². The van der Waals surface area contributed by atoms with E-state index in [1.54, 1.807) is 18.0 Å². The lowest BCUT2D eigenvalue weighted by atomic mass is 10.2. The van der Waals surface area contributed by atoms with E-state index in [2.05, 4.69) is 29.1 Å². The summed E-state index contributed by atoms with van der Waals surface area (Å²) >= 11 is 5.78. The van der Waals surface area contributed by atoms with Crippen molar-refractivity contribution in [1.82, 2.24) is 15.3 Å². The molecule has 0 aliphatic carbocycles. The van der Waals surface area contributed by atoms with E-state index < -0.39 is 0 Å². The van der Waals surface area contributed by atoms with Gasteiger partial charge in [-0.2, -0.15) is 0 Å². The molecule has 0 atom stereocenters. The Balaban J connectivity index is 2.59. The van der Waals surface area contributed by atoms with Gasteiger partial charge in [0.1, 0.15) is 5.82 Å². The number of carbonyl (C=O) groups excluding carboxylic acids is 1. The minimum atomic E-state index is -0.0291. The Bertz CT molecular complexity index is 402. The standard InChI is InChI=1S/C12H19ClN4O/c1-8(2)6-14-11(18)7-17(4)10-5-9(3)15-12(13)16-10/h5,8H,6-7H2,1-4H3,(H,14,18). The molecule has 0 saturated carbocycles. The van der Waals surface area contributed by atoms with Gasteiger partial charge in [-0.15, -0.1) is 0 Å². The zero-order valence-corrected chi connectivity index (χ0v) is 12.0. The molecule has 0 bridgehead atoms. The minimum absolute atomic E-state index is 0.0291. The number of aromatic nitrogens is 2. The highest BCUT2D eigenvalue weighted by molar-refractivity contribution is 6.28. The Hall–Kier alpha value is -1.36. The van der Waals surface area contributed by atoms with Crippen LogP contribution < -0.4 is 10.2 Å². The smallest absolute Gasteiger partial charge is 0.239 e. The molecule has 1 heterocycles. The summed E-state index contributed by atoms with van der Waals surface area (Å²) in [7, 11) is 1.80. The summed E-state index contributed by atoms with van der Waals surface area (Å²) in [6.45, 7) is 6.87. The maximum atomic E-state index is 11.7. The highest BCUT2D eigenvalue weighted by atomic mass is 35.5. The van der Waals surface area contributed by atoms with Gasteiger partial charge in [0.2, 0.25) is 11.2 Å². The second-order valence-corrected chi connectivity index (χ2v) is 5.03. The van der Waals surface area contributed by atoms with Crippen molar-refractivity contribution in [3.8, 4) is 0 Å². The summed E-state index contributed by atoms with van der Waals surface area (Å²) in [4.78, 5) is 21.5. The predicted molar refractivity (Wildman–Crippen MR) is 72.9 cm³/mol. The van der Waals surface area contributed by atoms with Crippen LogP contribution in [0.4, 0.5) is 5.82 Å². The van der Waals surface area contributed by atoms with E-state index in [9.17, 15) is 4.79 Å². The predicted octanol–water partition coefficient (Wildman–Crippen LogP) is 1.65. The van der Waals surface area contributed by atoms with E-state index in [0.717, 1.165) is 5.69 Å². The summed E-state index contributed by atoms with van der Waals surface area (Å²) in [6, 6.07) is 1.79. The van der Waals surface area contributed by atoms with Crippen molar-refractivity contribution in [2.24, 2.45) is 5.92 Å². The zero-order chi connectivity index (χ0) is 13.7. The lowest BCUT2D eigenvalue weighted by molar-refractivity contribution is -0.119. The lowest BCUT2D eigenvalue weighted by Gasteiger charge is -2.18. The number of halogens is 1. The molecular weight excluding hydrogens is 252 g/mol. The summed E-state index contributed by atoms with van der Waals surface area (Å²) < 4.78 is 0. The van der Waals surface area contributed by atoms with Crippen LogP contribution in [0.3, 0.4) is 0 Å². The average Bonchev–Trinajstić information content (AvgIpc) is 2.25. The maximum absolute atomic E-state index is 11.7. The molecule has 0 radical (unpaired) electrons. The molecule has 0 aliphatic heterocycles. The van der Waals surface area contributed by atoms with E-state index in [-0.39, 0.29) is 17.7 Å². The quantitative estimate of drug-likeness (QED) is 0.827. The van der Waals surface area contributed by atoms with E-state index in [1.807, 2.05) is 6.92 Å².